The molecule has 0 amide bonds. The molecule has 0 unspecified atom stereocenters. The Kier molecular flexibility index (Phi) is 6.37. The van der Waals surface area contributed by atoms with Crippen molar-refractivity contribution in [1.29, 1.82) is 5.26 Å². The molecule has 0 spiro atoms. The first-order chi connectivity index (χ1) is 14.0. The molecule has 2 aromatic heterocycles. The Morgan fingerprint density at radius 1 is 1.24 bits per heavy atom. The number of Topliss-reactive ketones (excluding diaryl/α,β-unsaturated/α-hetero) is 1. The number of carbonyl (C=O) groups excluding carboxylic acids is 1. The van der Waals surface area contributed by atoms with Crippen LogP contribution in [0.2, 0.25) is 0 Å². The number of hydrogen-bond acceptors (Lipinski definition) is 6. The zero-order valence-electron chi connectivity index (χ0n) is 16.8. The van der Waals surface area contributed by atoms with Crippen LogP contribution in [-0.4, -0.2) is 40.8 Å². The zero-order chi connectivity index (χ0) is 20.8. The van der Waals surface area contributed by atoms with Crippen LogP contribution in [0, 0.1) is 25.2 Å². The molecule has 0 radical (unpaired) electrons. The van der Waals surface area contributed by atoms with Gasteiger partial charge in [-0.1, -0.05) is 18.2 Å². The van der Waals surface area contributed by atoms with Crippen LogP contribution < -0.4 is 5.32 Å². The van der Waals surface area contributed by atoms with E-state index in [0.29, 0.717) is 24.3 Å². The quantitative estimate of drug-likeness (QED) is 0.595. The standard InChI is InChI=1S/C22H23N5O2/c1-15-6-4-5-7-20(15)24-11-10-17-8-9-19(21(28)14-29-3)22(25-17)27-16(2)12-18(13-23)26-27/h4-9,12,24H,10-11,14H2,1-3H3. The van der Waals surface area contributed by atoms with E-state index in [0.717, 1.165) is 17.1 Å². The second-order valence-corrected chi connectivity index (χ2v) is 6.72. The summed E-state index contributed by atoms with van der Waals surface area (Å²) in [4.78, 5) is 17.2. The molecule has 7 nitrogen and oxygen atoms in total. The first-order valence-corrected chi connectivity index (χ1v) is 9.32. The molecule has 1 N–H and O–H groups in total. The van der Waals surface area contributed by atoms with E-state index in [1.807, 2.05) is 37.3 Å². The summed E-state index contributed by atoms with van der Waals surface area (Å²) in [5, 5.41) is 16.8. The van der Waals surface area contributed by atoms with Crippen molar-refractivity contribution in [3.63, 3.8) is 0 Å². The Bertz CT molecular complexity index is 1070. The molecule has 7 heteroatoms. The fourth-order valence-corrected chi connectivity index (χ4v) is 3.05. The number of aryl methyl sites for hydroxylation is 2. The van der Waals surface area contributed by atoms with E-state index in [-0.39, 0.29) is 18.1 Å². The molecule has 0 aliphatic rings. The lowest BCUT2D eigenvalue weighted by molar-refractivity contribution is 0.0847. The average molecular weight is 389 g/mol. The highest BCUT2D eigenvalue weighted by Gasteiger charge is 2.18. The third kappa shape index (κ3) is 4.68. The number of ether oxygens (including phenoxy) is 1. The Morgan fingerprint density at radius 2 is 2.03 bits per heavy atom. The van der Waals surface area contributed by atoms with Gasteiger partial charge in [-0.25, -0.2) is 9.67 Å². The maximum atomic E-state index is 12.5. The summed E-state index contributed by atoms with van der Waals surface area (Å²) < 4.78 is 6.53. The molecule has 0 saturated heterocycles. The number of rotatable bonds is 8. The first-order valence-electron chi connectivity index (χ1n) is 9.32. The summed E-state index contributed by atoms with van der Waals surface area (Å²) in [6, 6.07) is 15.4. The highest BCUT2D eigenvalue weighted by molar-refractivity contribution is 5.99. The number of para-hydroxylation sites is 1. The molecule has 0 aliphatic carbocycles. The second-order valence-electron chi connectivity index (χ2n) is 6.72. The fraction of sp³-hybridized carbons (Fsp3) is 0.273. The SMILES string of the molecule is COCC(=O)c1ccc(CCNc2ccccc2C)nc1-n1nc(C#N)cc1C. The van der Waals surface area contributed by atoms with Gasteiger partial charge in [-0.3, -0.25) is 4.79 Å². The lowest BCUT2D eigenvalue weighted by Crippen LogP contribution is -2.16. The minimum atomic E-state index is -0.187. The fourth-order valence-electron chi connectivity index (χ4n) is 3.05. The topological polar surface area (TPSA) is 92.8 Å². The number of nitrogens with one attached hydrogen (secondary N) is 1. The smallest absolute Gasteiger partial charge is 0.192 e. The molecule has 0 fully saturated rings. The van der Waals surface area contributed by atoms with Crippen molar-refractivity contribution in [3.8, 4) is 11.9 Å². The molecule has 3 aromatic rings. The highest BCUT2D eigenvalue weighted by atomic mass is 16.5. The van der Waals surface area contributed by atoms with Gasteiger partial charge in [0.25, 0.3) is 0 Å². The van der Waals surface area contributed by atoms with Gasteiger partial charge in [0, 0.05) is 37.2 Å². The van der Waals surface area contributed by atoms with Crippen molar-refractivity contribution in [1.82, 2.24) is 14.8 Å². The number of nitrogens with zero attached hydrogens (tertiary/aromatic N) is 4. The number of nitriles is 1. The number of methoxy groups -OCH3 is 1. The molecular formula is C22H23N5O2. The van der Waals surface area contributed by atoms with E-state index in [1.54, 1.807) is 16.8 Å². The molecule has 1 aromatic carbocycles. The maximum absolute atomic E-state index is 12.5. The average Bonchev–Trinajstić information content (AvgIpc) is 3.10. The summed E-state index contributed by atoms with van der Waals surface area (Å²) in [6.45, 7) is 4.53. The predicted molar refractivity (Wildman–Crippen MR) is 110 cm³/mol. The molecule has 0 aliphatic heterocycles. The van der Waals surface area contributed by atoms with Crippen LogP contribution >= 0.6 is 0 Å². The van der Waals surface area contributed by atoms with Crippen molar-refractivity contribution < 1.29 is 9.53 Å². The summed E-state index contributed by atoms with van der Waals surface area (Å²) in [5.74, 6) is 0.229. The minimum absolute atomic E-state index is 0.0473. The van der Waals surface area contributed by atoms with Gasteiger partial charge >= 0.3 is 0 Å². The molecule has 148 valence electrons. The van der Waals surface area contributed by atoms with Crippen molar-refractivity contribution >= 4 is 11.5 Å². The van der Waals surface area contributed by atoms with Gasteiger partial charge < -0.3 is 10.1 Å². The van der Waals surface area contributed by atoms with Gasteiger partial charge in [0.2, 0.25) is 0 Å². The lowest BCUT2D eigenvalue weighted by Gasteiger charge is -2.13. The summed E-state index contributed by atoms with van der Waals surface area (Å²) in [6.07, 6.45) is 0.672. The van der Waals surface area contributed by atoms with E-state index >= 15 is 0 Å². The van der Waals surface area contributed by atoms with Crippen molar-refractivity contribution in [3.05, 3.63) is 70.7 Å². The minimum Gasteiger partial charge on any atom is -0.384 e. The number of anilines is 1. The number of pyridine rings is 1. The van der Waals surface area contributed by atoms with Gasteiger partial charge in [0.15, 0.2) is 17.3 Å². The van der Waals surface area contributed by atoms with E-state index in [9.17, 15) is 4.79 Å². The third-order valence-electron chi connectivity index (χ3n) is 4.55. The number of hydrogen-bond donors (Lipinski definition) is 1. The van der Waals surface area contributed by atoms with E-state index < -0.39 is 0 Å². The number of ketones is 1. The maximum Gasteiger partial charge on any atom is 0.192 e. The van der Waals surface area contributed by atoms with E-state index in [4.69, 9.17) is 10.00 Å². The van der Waals surface area contributed by atoms with Crippen molar-refractivity contribution in [2.24, 2.45) is 0 Å². The van der Waals surface area contributed by atoms with Crippen LogP contribution in [0.15, 0.2) is 42.5 Å². The molecule has 0 bridgehead atoms. The third-order valence-corrected chi connectivity index (χ3v) is 4.55. The predicted octanol–water partition coefficient (Wildman–Crippen LogP) is 3.24. The van der Waals surface area contributed by atoms with E-state index in [2.05, 4.69) is 28.4 Å². The van der Waals surface area contributed by atoms with Gasteiger partial charge in [-0.05, 0) is 43.7 Å². The summed E-state index contributed by atoms with van der Waals surface area (Å²) >= 11 is 0. The Balaban J connectivity index is 1.88. The lowest BCUT2D eigenvalue weighted by atomic mass is 10.1. The largest absolute Gasteiger partial charge is 0.384 e. The number of benzene rings is 1. The summed E-state index contributed by atoms with van der Waals surface area (Å²) in [5.41, 5.74) is 4.51. The number of aromatic nitrogens is 3. The molecule has 0 atom stereocenters. The first kappa shape index (κ1) is 20.2. The normalized spacial score (nSPS) is 10.6. The zero-order valence-corrected chi connectivity index (χ0v) is 16.8. The van der Waals surface area contributed by atoms with Crippen LogP contribution in [0.5, 0.6) is 0 Å². The highest BCUT2D eigenvalue weighted by Crippen LogP contribution is 2.18. The van der Waals surface area contributed by atoms with Crippen molar-refractivity contribution in [2.75, 3.05) is 25.6 Å². The Morgan fingerprint density at radius 3 is 2.72 bits per heavy atom. The van der Waals surface area contributed by atoms with Crippen LogP contribution in [0.4, 0.5) is 5.69 Å². The monoisotopic (exact) mass is 389 g/mol. The van der Waals surface area contributed by atoms with Gasteiger partial charge in [-0.2, -0.15) is 10.4 Å². The van der Waals surface area contributed by atoms with Crippen molar-refractivity contribution in [2.45, 2.75) is 20.3 Å². The van der Waals surface area contributed by atoms with Crippen LogP contribution in [0.3, 0.4) is 0 Å². The van der Waals surface area contributed by atoms with Gasteiger partial charge in [0.1, 0.15) is 12.7 Å². The molecule has 2 heterocycles. The summed E-state index contributed by atoms with van der Waals surface area (Å²) in [7, 11) is 1.48. The molecular weight excluding hydrogens is 366 g/mol. The van der Waals surface area contributed by atoms with Gasteiger partial charge in [0.05, 0.1) is 5.56 Å². The molecule has 3 rings (SSSR count). The van der Waals surface area contributed by atoms with Crippen LogP contribution in [-0.2, 0) is 11.2 Å². The molecule has 29 heavy (non-hydrogen) atoms. The molecule has 0 saturated carbocycles. The van der Waals surface area contributed by atoms with Crippen LogP contribution in [0.1, 0.15) is 33.0 Å². The Labute approximate surface area is 170 Å². The Hall–Kier alpha value is -3.50. The second kappa shape index (κ2) is 9.13. The number of carbonyl (C=O) groups is 1. The van der Waals surface area contributed by atoms with Gasteiger partial charge in [-0.15, -0.1) is 0 Å². The van der Waals surface area contributed by atoms with E-state index in [1.165, 1.54) is 12.7 Å². The van der Waals surface area contributed by atoms with Crippen LogP contribution in [0.25, 0.3) is 5.82 Å².